The molecule has 4 rings (SSSR count). The SMILES string of the molecule is CC(C)CCNC(=O)C(C)N(Cc1ccc2c(c1)OCO2)C(=O)Cn1nnc(-c2ccc(F)cc2)n1. The van der Waals surface area contributed by atoms with Crippen LogP contribution in [-0.4, -0.2) is 56.3 Å². The smallest absolute Gasteiger partial charge is 0.247 e. The molecule has 1 aliphatic rings. The number of aromatic nitrogens is 4. The number of fused-ring (bicyclic) bond motifs is 1. The third kappa shape index (κ3) is 6.15. The van der Waals surface area contributed by atoms with Gasteiger partial charge in [-0.1, -0.05) is 19.9 Å². The Morgan fingerprint density at radius 3 is 2.61 bits per heavy atom. The molecule has 0 radical (unpaired) electrons. The third-order valence-electron chi connectivity index (χ3n) is 5.81. The molecular weight excluding hydrogens is 467 g/mol. The Morgan fingerprint density at radius 2 is 1.86 bits per heavy atom. The van der Waals surface area contributed by atoms with Gasteiger partial charge in [-0.3, -0.25) is 9.59 Å². The molecule has 11 heteroatoms. The Bertz CT molecular complexity index is 1210. The van der Waals surface area contributed by atoms with Crippen molar-refractivity contribution in [3.63, 3.8) is 0 Å². The zero-order chi connectivity index (χ0) is 25.7. The quantitative estimate of drug-likeness (QED) is 0.459. The minimum absolute atomic E-state index is 0.143. The molecule has 2 heterocycles. The lowest BCUT2D eigenvalue weighted by atomic mass is 10.1. The summed E-state index contributed by atoms with van der Waals surface area (Å²) < 4.78 is 24.0. The molecule has 1 aromatic heterocycles. The minimum atomic E-state index is -0.741. The van der Waals surface area contributed by atoms with E-state index in [1.54, 1.807) is 19.1 Å². The van der Waals surface area contributed by atoms with Crippen LogP contribution < -0.4 is 14.8 Å². The number of amides is 2. The molecule has 1 aliphatic heterocycles. The van der Waals surface area contributed by atoms with Gasteiger partial charge in [0.05, 0.1) is 0 Å². The average molecular weight is 497 g/mol. The third-order valence-corrected chi connectivity index (χ3v) is 5.81. The second-order valence-electron chi connectivity index (χ2n) is 9.01. The first-order valence-corrected chi connectivity index (χ1v) is 11.8. The summed E-state index contributed by atoms with van der Waals surface area (Å²) in [7, 11) is 0. The number of rotatable bonds is 10. The summed E-state index contributed by atoms with van der Waals surface area (Å²) in [4.78, 5) is 28.9. The topological polar surface area (TPSA) is 111 Å². The molecule has 0 saturated heterocycles. The van der Waals surface area contributed by atoms with Crippen molar-refractivity contribution in [2.75, 3.05) is 13.3 Å². The van der Waals surface area contributed by atoms with Gasteiger partial charge in [0.25, 0.3) is 0 Å². The zero-order valence-corrected chi connectivity index (χ0v) is 20.5. The van der Waals surface area contributed by atoms with Crippen LogP contribution >= 0.6 is 0 Å². The maximum absolute atomic E-state index is 13.4. The van der Waals surface area contributed by atoms with Gasteiger partial charge in [0.1, 0.15) is 18.4 Å². The summed E-state index contributed by atoms with van der Waals surface area (Å²) in [5.41, 5.74) is 1.36. The van der Waals surface area contributed by atoms with Crippen LogP contribution in [0.2, 0.25) is 0 Å². The summed E-state index contributed by atoms with van der Waals surface area (Å²) >= 11 is 0. The second kappa shape index (κ2) is 11.1. The Morgan fingerprint density at radius 1 is 1.11 bits per heavy atom. The summed E-state index contributed by atoms with van der Waals surface area (Å²) in [6, 6.07) is 10.3. The highest BCUT2D eigenvalue weighted by molar-refractivity contribution is 5.87. The van der Waals surface area contributed by atoms with E-state index in [-0.39, 0.29) is 43.3 Å². The molecule has 0 fully saturated rings. The van der Waals surface area contributed by atoms with Crippen molar-refractivity contribution in [3.05, 3.63) is 53.8 Å². The predicted octanol–water partition coefficient (Wildman–Crippen LogP) is 2.79. The maximum Gasteiger partial charge on any atom is 0.247 e. The van der Waals surface area contributed by atoms with E-state index in [1.165, 1.54) is 29.2 Å². The number of hydrogen-bond donors (Lipinski definition) is 1. The first-order valence-electron chi connectivity index (χ1n) is 11.8. The monoisotopic (exact) mass is 496 g/mol. The van der Waals surface area contributed by atoms with Gasteiger partial charge in [0.2, 0.25) is 24.4 Å². The van der Waals surface area contributed by atoms with Gasteiger partial charge in [-0.25, -0.2) is 4.39 Å². The van der Waals surface area contributed by atoms with E-state index >= 15 is 0 Å². The fourth-order valence-corrected chi connectivity index (χ4v) is 3.69. The normalized spacial score (nSPS) is 13.0. The Balaban J connectivity index is 1.50. The minimum Gasteiger partial charge on any atom is -0.454 e. The number of carbonyl (C=O) groups is 2. The van der Waals surface area contributed by atoms with E-state index < -0.39 is 6.04 Å². The molecule has 1 N–H and O–H groups in total. The van der Waals surface area contributed by atoms with E-state index in [1.807, 2.05) is 6.07 Å². The summed E-state index contributed by atoms with van der Waals surface area (Å²) in [5.74, 6) is 0.962. The molecule has 1 unspecified atom stereocenters. The van der Waals surface area contributed by atoms with Crippen molar-refractivity contribution in [2.24, 2.45) is 5.92 Å². The molecule has 0 spiro atoms. The summed E-state index contributed by atoms with van der Waals surface area (Å²) in [6.07, 6.45) is 0.837. The maximum atomic E-state index is 13.4. The van der Waals surface area contributed by atoms with Crippen molar-refractivity contribution in [1.29, 1.82) is 0 Å². The van der Waals surface area contributed by atoms with E-state index in [9.17, 15) is 14.0 Å². The lowest BCUT2D eigenvalue weighted by Gasteiger charge is -2.28. The molecule has 2 aromatic carbocycles. The molecule has 1 atom stereocenters. The Hall–Kier alpha value is -4.02. The highest BCUT2D eigenvalue weighted by Gasteiger charge is 2.27. The molecule has 0 saturated carbocycles. The highest BCUT2D eigenvalue weighted by Crippen LogP contribution is 2.33. The predicted molar refractivity (Wildman–Crippen MR) is 128 cm³/mol. The van der Waals surface area contributed by atoms with Gasteiger partial charge in [-0.2, -0.15) is 4.80 Å². The van der Waals surface area contributed by atoms with Gasteiger partial charge in [0.15, 0.2) is 11.5 Å². The lowest BCUT2D eigenvalue weighted by Crippen LogP contribution is -2.49. The van der Waals surface area contributed by atoms with Crippen molar-refractivity contribution in [2.45, 2.75) is 46.3 Å². The lowest BCUT2D eigenvalue weighted by molar-refractivity contribution is -0.141. The second-order valence-corrected chi connectivity index (χ2v) is 9.01. The Labute approximate surface area is 208 Å². The van der Waals surface area contributed by atoms with Crippen molar-refractivity contribution in [1.82, 2.24) is 30.4 Å². The number of hydrogen-bond acceptors (Lipinski definition) is 7. The van der Waals surface area contributed by atoms with Gasteiger partial charge >= 0.3 is 0 Å². The molecular formula is C25H29FN6O4. The van der Waals surface area contributed by atoms with Crippen LogP contribution in [0, 0.1) is 11.7 Å². The van der Waals surface area contributed by atoms with Crippen LogP contribution in [0.15, 0.2) is 42.5 Å². The van der Waals surface area contributed by atoms with Crippen molar-refractivity contribution < 1.29 is 23.5 Å². The molecule has 2 amide bonds. The van der Waals surface area contributed by atoms with Crippen LogP contribution in [0.3, 0.4) is 0 Å². The number of tetrazole rings is 1. The summed E-state index contributed by atoms with van der Waals surface area (Å²) in [5, 5.41) is 15.1. The van der Waals surface area contributed by atoms with Crippen LogP contribution in [0.1, 0.15) is 32.8 Å². The van der Waals surface area contributed by atoms with Crippen LogP contribution in [0.5, 0.6) is 11.5 Å². The average Bonchev–Trinajstić information content (AvgIpc) is 3.51. The molecule has 0 bridgehead atoms. The van der Waals surface area contributed by atoms with Gasteiger partial charge in [-0.15, -0.1) is 10.2 Å². The molecule has 190 valence electrons. The fraction of sp³-hybridized carbons (Fsp3) is 0.400. The van der Waals surface area contributed by atoms with Crippen LogP contribution in [-0.2, 0) is 22.7 Å². The zero-order valence-electron chi connectivity index (χ0n) is 20.5. The number of benzene rings is 2. The van der Waals surface area contributed by atoms with E-state index in [4.69, 9.17) is 9.47 Å². The van der Waals surface area contributed by atoms with Gasteiger partial charge in [0, 0.05) is 18.7 Å². The fourth-order valence-electron chi connectivity index (χ4n) is 3.69. The highest BCUT2D eigenvalue weighted by atomic mass is 19.1. The van der Waals surface area contributed by atoms with Crippen molar-refractivity contribution in [3.8, 4) is 22.9 Å². The van der Waals surface area contributed by atoms with Crippen molar-refractivity contribution >= 4 is 11.8 Å². The van der Waals surface area contributed by atoms with Gasteiger partial charge in [-0.05, 0) is 66.4 Å². The van der Waals surface area contributed by atoms with E-state index in [0.717, 1.165) is 16.8 Å². The summed E-state index contributed by atoms with van der Waals surface area (Å²) in [6.45, 7) is 6.47. The number of nitrogens with zero attached hydrogens (tertiary/aromatic N) is 5. The van der Waals surface area contributed by atoms with Crippen LogP contribution in [0.4, 0.5) is 4.39 Å². The van der Waals surface area contributed by atoms with Crippen LogP contribution in [0.25, 0.3) is 11.4 Å². The largest absolute Gasteiger partial charge is 0.454 e. The number of nitrogens with one attached hydrogen (secondary N) is 1. The number of ether oxygens (including phenoxy) is 2. The first-order chi connectivity index (χ1) is 17.3. The molecule has 10 nitrogen and oxygen atoms in total. The molecule has 0 aliphatic carbocycles. The standard InChI is InChI=1S/C25H29FN6O4/c1-16(2)10-11-27-25(34)17(3)31(13-18-4-9-21-22(12-18)36-15-35-21)23(33)14-32-29-24(28-30-32)19-5-7-20(26)8-6-19/h4-9,12,16-17H,10-11,13-15H2,1-3H3,(H,27,34). The molecule has 3 aromatic rings. The molecule has 36 heavy (non-hydrogen) atoms. The van der Waals surface area contributed by atoms with E-state index in [0.29, 0.717) is 29.5 Å². The Kier molecular flexibility index (Phi) is 7.77. The van der Waals surface area contributed by atoms with E-state index in [2.05, 4.69) is 34.6 Å². The van der Waals surface area contributed by atoms with Gasteiger partial charge < -0.3 is 19.7 Å². The first kappa shape index (κ1) is 25.1. The number of halogens is 1. The number of carbonyl (C=O) groups excluding carboxylic acids is 2.